The maximum atomic E-state index is 13.5. The molecular formula is C28H22N2O3S2. The second-order valence-corrected chi connectivity index (χ2v) is 9.94. The van der Waals surface area contributed by atoms with E-state index in [4.69, 9.17) is 4.74 Å². The van der Waals surface area contributed by atoms with Crippen molar-refractivity contribution in [3.63, 3.8) is 0 Å². The number of rotatable bonds is 6. The molecule has 174 valence electrons. The van der Waals surface area contributed by atoms with E-state index >= 15 is 0 Å². The van der Waals surface area contributed by atoms with E-state index in [2.05, 4.69) is 4.99 Å². The predicted molar refractivity (Wildman–Crippen MR) is 141 cm³/mol. The zero-order valence-corrected chi connectivity index (χ0v) is 20.6. The average molecular weight is 499 g/mol. The van der Waals surface area contributed by atoms with Crippen molar-refractivity contribution in [3.05, 3.63) is 131 Å². The fraction of sp³-hybridized carbons (Fsp3) is 0.107. The Hall–Kier alpha value is -3.81. The van der Waals surface area contributed by atoms with Crippen molar-refractivity contribution in [2.45, 2.75) is 19.6 Å². The van der Waals surface area contributed by atoms with Gasteiger partial charge in [-0.2, -0.15) is 0 Å². The second-order valence-electron chi connectivity index (χ2n) is 7.95. The predicted octanol–water partition coefficient (Wildman–Crippen LogP) is 4.71. The van der Waals surface area contributed by atoms with Crippen LogP contribution in [0.15, 0.2) is 105 Å². The molecule has 0 bridgehead atoms. The second kappa shape index (κ2) is 10.2. The topological polar surface area (TPSA) is 60.7 Å². The Labute approximate surface area is 210 Å². The van der Waals surface area contributed by atoms with Gasteiger partial charge in [-0.05, 0) is 35.6 Å². The van der Waals surface area contributed by atoms with E-state index in [1.807, 2.05) is 90.3 Å². The lowest BCUT2D eigenvalue weighted by atomic mass is 10.0. The van der Waals surface area contributed by atoms with Crippen LogP contribution in [0, 0.1) is 0 Å². The summed E-state index contributed by atoms with van der Waals surface area (Å²) in [6.45, 7) is 1.95. The Kier molecular flexibility index (Phi) is 6.70. The fourth-order valence-corrected chi connectivity index (χ4v) is 5.75. The van der Waals surface area contributed by atoms with Crippen molar-refractivity contribution in [3.8, 4) is 0 Å². The summed E-state index contributed by atoms with van der Waals surface area (Å²) in [5.74, 6) is -0.466. The number of ether oxygens (including phenoxy) is 1. The highest BCUT2D eigenvalue weighted by molar-refractivity contribution is 7.10. The van der Waals surface area contributed by atoms with E-state index in [1.54, 1.807) is 17.6 Å². The van der Waals surface area contributed by atoms with Gasteiger partial charge in [0.05, 0.1) is 15.8 Å². The van der Waals surface area contributed by atoms with Crippen molar-refractivity contribution < 1.29 is 9.53 Å². The van der Waals surface area contributed by atoms with Crippen LogP contribution in [0.1, 0.15) is 29.0 Å². The Morgan fingerprint density at radius 1 is 1.06 bits per heavy atom. The first-order valence-corrected chi connectivity index (χ1v) is 12.8. The van der Waals surface area contributed by atoms with Crippen LogP contribution in [0.25, 0.3) is 12.2 Å². The maximum Gasteiger partial charge on any atom is 0.338 e. The number of benzene rings is 2. The van der Waals surface area contributed by atoms with Crippen molar-refractivity contribution in [2.75, 3.05) is 0 Å². The molecule has 0 saturated carbocycles. The summed E-state index contributed by atoms with van der Waals surface area (Å²) in [7, 11) is 0. The Balaban J connectivity index is 1.52. The third-order valence-corrected chi connectivity index (χ3v) is 7.53. The summed E-state index contributed by atoms with van der Waals surface area (Å²) >= 11 is 2.82. The van der Waals surface area contributed by atoms with Gasteiger partial charge in [0.15, 0.2) is 4.80 Å². The first-order chi connectivity index (χ1) is 17.1. The Bertz CT molecular complexity index is 1580. The molecule has 1 aliphatic rings. The van der Waals surface area contributed by atoms with Crippen LogP contribution < -0.4 is 14.9 Å². The monoisotopic (exact) mass is 498 g/mol. The zero-order valence-electron chi connectivity index (χ0n) is 19.0. The number of esters is 1. The number of thiazole rings is 1. The third kappa shape index (κ3) is 4.87. The summed E-state index contributed by atoms with van der Waals surface area (Å²) in [5, 5.41) is 1.94. The molecule has 35 heavy (non-hydrogen) atoms. The minimum Gasteiger partial charge on any atom is -0.457 e. The van der Waals surface area contributed by atoms with Gasteiger partial charge < -0.3 is 4.74 Å². The molecular weight excluding hydrogens is 476 g/mol. The molecule has 5 rings (SSSR count). The first-order valence-electron chi connectivity index (χ1n) is 11.1. The highest BCUT2D eigenvalue weighted by Gasteiger charge is 2.34. The number of allylic oxidation sites excluding steroid dienone is 2. The molecule has 2 aromatic carbocycles. The highest BCUT2D eigenvalue weighted by Crippen LogP contribution is 2.33. The van der Waals surface area contributed by atoms with Gasteiger partial charge in [-0.3, -0.25) is 9.36 Å². The Morgan fingerprint density at radius 2 is 1.80 bits per heavy atom. The number of aromatic nitrogens is 1. The summed E-state index contributed by atoms with van der Waals surface area (Å²) in [6, 6.07) is 22.7. The summed E-state index contributed by atoms with van der Waals surface area (Å²) in [4.78, 5) is 32.9. The van der Waals surface area contributed by atoms with Crippen molar-refractivity contribution >= 4 is 40.8 Å². The molecule has 1 aliphatic heterocycles. The molecule has 0 aliphatic carbocycles. The van der Waals surface area contributed by atoms with E-state index in [-0.39, 0.29) is 12.2 Å². The molecule has 0 saturated heterocycles. The average Bonchev–Trinajstić information content (AvgIpc) is 3.52. The zero-order chi connectivity index (χ0) is 24.2. The number of carbonyl (C=O) groups is 1. The summed E-state index contributed by atoms with van der Waals surface area (Å²) in [6.07, 6.45) is 5.62. The fourth-order valence-electron chi connectivity index (χ4n) is 3.92. The lowest BCUT2D eigenvalue weighted by Crippen LogP contribution is -2.39. The SMILES string of the molecule is CC1=C(C(=O)OCc2ccccc2)[C@H](c2cccs2)n2c(s/c(=C\C=C/c3ccccc3)c2=O)=N1. The van der Waals surface area contributed by atoms with Gasteiger partial charge in [0.1, 0.15) is 12.6 Å². The number of fused-ring (bicyclic) bond motifs is 1. The molecule has 0 amide bonds. The molecule has 0 radical (unpaired) electrons. The van der Waals surface area contributed by atoms with E-state index in [0.717, 1.165) is 16.0 Å². The molecule has 1 atom stereocenters. The van der Waals surface area contributed by atoms with Gasteiger partial charge in [0.2, 0.25) is 0 Å². The summed E-state index contributed by atoms with van der Waals surface area (Å²) in [5.41, 5.74) is 2.73. The van der Waals surface area contributed by atoms with Gasteiger partial charge >= 0.3 is 5.97 Å². The smallest absolute Gasteiger partial charge is 0.338 e. The van der Waals surface area contributed by atoms with Gasteiger partial charge in [-0.25, -0.2) is 9.79 Å². The molecule has 4 aromatic rings. The number of hydrogen-bond donors (Lipinski definition) is 0. The van der Waals surface area contributed by atoms with E-state index in [0.29, 0.717) is 20.6 Å². The number of hydrogen-bond acceptors (Lipinski definition) is 6. The van der Waals surface area contributed by atoms with E-state index in [9.17, 15) is 9.59 Å². The highest BCUT2D eigenvalue weighted by atomic mass is 32.1. The third-order valence-electron chi connectivity index (χ3n) is 5.60. The van der Waals surface area contributed by atoms with Crippen LogP contribution in [0.4, 0.5) is 0 Å². The van der Waals surface area contributed by atoms with Crippen molar-refractivity contribution in [2.24, 2.45) is 4.99 Å². The molecule has 2 aromatic heterocycles. The van der Waals surface area contributed by atoms with Crippen LogP contribution in [0.3, 0.4) is 0 Å². The molecule has 0 spiro atoms. The maximum absolute atomic E-state index is 13.5. The van der Waals surface area contributed by atoms with Crippen molar-refractivity contribution in [1.29, 1.82) is 0 Å². The minimum absolute atomic E-state index is 0.155. The molecule has 3 heterocycles. The largest absolute Gasteiger partial charge is 0.457 e. The van der Waals surface area contributed by atoms with Crippen LogP contribution in [0.2, 0.25) is 0 Å². The van der Waals surface area contributed by atoms with Gasteiger partial charge in [0.25, 0.3) is 5.56 Å². The van der Waals surface area contributed by atoms with Crippen LogP contribution >= 0.6 is 22.7 Å². The van der Waals surface area contributed by atoms with Crippen LogP contribution in [0.5, 0.6) is 0 Å². The lowest BCUT2D eigenvalue weighted by molar-refractivity contribution is -0.140. The molecule has 5 nitrogen and oxygen atoms in total. The van der Waals surface area contributed by atoms with E-state index < -0.39 is 12.0 Å². The van der Waals surface area contributed by atoms with E-state index in [1.165, 1.54) is 22.7 Å². The van der Waals surface area contributed by atoms with Gasteiger partial charge in [-0.1, -0.05) is 90.2 Å². The number of carbonyl (C=O) groups excluding carboxylic acids is 1. The van der Waals surface area contributed by atoms with Crippen molar-refractivity contribution in [1.82, 2.24) is 4.57 Å². The molecule has 7 heteroatoms. The molecule has 0 N–H and O–H groups in total. The first kappa shape index (κ1) is 23.0. The van der Waals surface area contributed by atoms with Crippen LogP contribution in [-0.4, -0.2) is 10.5 Å². The molecule has 0 fully saturated rings. The Morgan fingerprint density at radius 3 is 2.51 bits per heavy atom. The summed E-state index contributed by atoms with van der Waals surface area (Å²) < 4.78 is 7.83. The van der Waals surface area contributed by atoms with Gasteiger partial charge in [0, 0.05) is 4.88 Å². The standard InChI is InChI=1S/C28H22N2O3S2/c1-19-24(27(32)33-18-21-12-6-3-7-13-21)25(22-16-9-17-34-22)30-26(31)23(35-28(30)29-19)15-8-14-20-10-4-2-5-11-20/h2-17,25H,18H2,1H3/b14-8-,23-15-/t25-/m0/s1. The number of nitrogens with zero attached hydrogens (tertiary/aromatic N) is 2. The van der Waals surface area contributed by atoms with Crippen LogP contribution in [-0.2, 0) is 16.1 Å². The quantitative estimate of drug-likeness (QED) is 0.362. The minimum atomic E-state index is -0.574. The molecule has 0 unspecified atom stereocenters. The normalized spacial score (nSPS) is 15.8. The van der Waals surface area contributed by atoms with Gasteiger partial charge in [-0.15, -0.1) is 11.3 Å². The lowest BCUT2D eigenvalue weighted by Gasteiger charge is -2.23. The number of thiophene rings is 1.